The van der Waals surface area contributed by atoms with E-state index in [4.69, 9.17) is 4.74 Å². The first-order valence-electron chi connectivity index (χ1n) is 4.39. The number of carbonyl (C=O) groups excluding carboxylic acids is 1. The van der Waals surface area contributed by atoms with Crippen LogP contribution in [0.2, 0.25) is 0 Å². The van der Waals surface area contributed by atoms with Crippen LogP contribution in [0.25, 0.3) is 0 Å². The van der Waals surface area contributed by atoms with E-state index in [0.717, 1.165) is 19.4 Å². The van der Waals surface area contributed by atoms with Crippen LogP contribution in [-0.4, -0.2) is 30.2 Å². The molecule has 0 aromatic rings. The van der Waals surface area contributed by atoms with Gasteiger partial charge in [-0.25, -0.2) is 4.79 Å². The Morgan fingerprint density at radius 2 is 2.50 bits per heavy atom. The molecule has 0 saturated carbocycles. The van der Waals surface area contributed by atoms with E-state index in [1.807, 2.05) is 11.0 Å². The summed E-state index contributed by atoms with van der Waals surface area (Å²) in [4.78, 5) is 13.0. The molecule has 3 heteroatoms. The second-order valence-corrected chi connectivity index (χ2v) is 3.38. The van der Waals surface area contributed by atoms with Crippen molar-refractivity contribution in [1.82, 2.24) is 4.90 Å². The molecule has 3 nitrogen and oxygen atoms in total. The minimum atomic E-state index is -0.147. The number of hydrogen-bond acceptors (Lipinski definition) is 2. The van der Waals surface area contributed by atoms with Crippen LogP contribution >= 0.6 is 0 Å². The summed E-state index contributed by atoms with van der Waals surface area (Å²) in [6.07, 6.45) is 4.01. The third-order valence-corrected chi connectivity index (χ3v) is 2.75. The second-order valence-electron chi connectivity index (χ2n) is 3.38. The smallest absolute Gasteiger partial charge is 0.410 e. The molecule has 0 N–H and O–H groups in total. The van der Waals surface area contributed by atoms with Crippen molar-refractivity contribution < 1.29 is 9.53 Å². The van der Waals surface area contributed by atoms with Gasteiger partial charge in [-0.05, 0) is 12.8 Å². The normalized spacial score (nSPS) is 34.3. The van der Waals surface area contributed by atoms with Gasteiger partial charge in [-0.2, -0.15) is 0 Å². The summed E-state index contributed by atoms with van der Waals surface area (Å²) in [5, 5.41) is 0. The van der Waals surface area contributed by atoms with E-state index in [1.165, 1.54) is 0 Å². The summed E-state index contributed by atoms with van der Waals surface area (Å²) in [7, 11) is 0. The van der Waals surface area contributed by atoms with Gasteiger partial charge in [0.25, 0.3) is 0 Å². The summed E-state index contributed by atoms with van der Waals surface area (Å²) in [6.45, 7) is 5.18. The van der Waals surface area contributed by atoms with E-state index in [0.29, 0.717) is 12.5 Å². The molecule has 2 fully saturated rings. The Balaban J connectivity index is 2.14. The minimum Gasteiger partial charge on any atom is -0.447 e. The third kappa shape index (κ3) is 1.00. The summed E-state index contributed by atoms with van der Waals surface area (Å²) >= 11 is 0. The van der Waals surface area contributed by atoms with Gasteiger partial charge >= 0.3 is 6.09 Å². The first-order chi connectivity index (χ1) is 5.83. The first kappa shape index (κ1) is 7.65. The summed E-state index contributed by atoms with van der Waals surface area (Å²) in [5.41, 5.74) is 0. The van der Waals surface area contributed by atoms with Gasteiger partial charge in [0.1, 0.15) is 6.61 Å². The predicted molar refractivity (Wildman–Crippen MR) is 44.8 cm³/mol. The molecule has 0 unspecified atom stereocenters. The fourth-order valence-electron chi connectivity index (χ4n) is 2.04. The van der Waals surface area contributed by atoms with Crippen LogP contribution in [-0.2, 0) is 4.74 Å². The highest BCUT2D eigenvalue weighted by Crippen LogP contribution is 2.28. The molecule has 0 radical (unpaired) electrons. The molecule has 0 aromatic heterocycles. The fourth-order valence-corrected chi connectivity index (χ4v) is 2.04. The number of rotatable bonds is 1. The average Bonchev–Trinajstić information content (AvgIpc) is 2.48. The van der Waals surface area contributed by atoms with E-state index in [2.05, 4.69) is 6.58 Å². The Bertz CT molecular complexity index is 215. The molecule has 66 valence electrons. The molecule has 1 amide bonds. The van der Waals surface area contributed by atoms with E-state index in [1.54, 1.807) is 0 Å². The van der Waals surface area contributed by atoms with E-state index in [-0.39, 0.29) is 12.1 Å². The second kappa shape index (κ2) is 2.81. The molecule has 2 atom stereocenters. The summed E-state index contributed by atoms with van der Waals surface area (Å²) < 4.78 is 4.97. The lowest BCUT2D eigenvalue weighted by atomic mass is 9.91. The molecule has 0 spiro atoms. The third-order valence-electron chi connectivity index (χ3n) is 2.75. The largest absolute Gasteiger partial charge is 0.447 e. The quantitative estimate of drug-likeness (QED) is 0.552. The minimum absolute atomic E-state index is 0.147. The first-order valence-corrected chi connectivity index (χ1v) is 4.39. The molecule has 0 aliphatic carbocycles. The average molecular weight is 167 g/mol. The maximum absolute atomic E-state index is 11.1. The van der Waals surface area contributed by atoms with Gasteiger partial charge in [0.05, 0.1) is 6.04 Å². The van der Waals surface area contributed by atoms with Gasteiger partial charge in [-0.15, -0.1) is 6.58 Å². The van der Waals surface area contributed by atoms with Crippen LogP contribution < -0.4 is 0 Å². The lowest BCUT2D eigenvalue weighted by Crippen LogP contribution is -2.42. The van der Waals surface area contributed by atoms with Crippen LogP contribution in [0.1, 0.15) is 12.8 Å². The number of amides is 1. The molecule has 2 aliphatic heterocycles. The van der Waals surface area contributed by atoms with E-state index >= 15 is 0 Å². The van der Waals surface area contributed by atoms with Crippen molar-refractivity contribution in [2.75, 3.05) is 13.2 Å². The van der Waals surface area contributed by atoms with Crippen molar-refractivity contribution in [1.29, 1.82) is 0 Å². The number of cyclic esters (lactones) is 1. The summed E-state index contributed by atoms with van der Waals surface area (Å²) in [6, 6.07) is 0.267. The fraction of sp³-hybridized carbons (Fsp3) is 0.667. The van der Waals surface area contributed by atoms with Crippen molar-refractivity contribution in [2.24, 2.45) is 5.92 Å². The van der Waals surface area contributed by atoms with Crippen LogP contribution in [0, 0.1) is 5.92 Å². The van der Waals surface area contributed by atoms with Gasteiger partial charge in [-0.3, -0.25) is 0 Å². The zero-order valence-corrected chi connectivity index (χ0v) is 7.03. The molecule has 12 heavy (non-hydrogen) atoms. The Kier molecular flexibility index (Phi) is 1.79. The molecular weight excluding hydrogens is 154 g/mol. The lowest BCUT2D eigenvalue weighted by molar-refractivity contribution is 0.149. The highest BCUT2D eigenvalue weighted by molar-refractivity contribution is 5.70. The van der Waals surface area contributed by atoms with Crippen LogP contribution in [0.5, 0.6) is 0 Å². The number of piperidine rings is 1. The van der Waals surface area contributed by atoms with Crippen molar-refractivity contribution in [3.63, 3.8) is 0 Å². The molecule has 2 saturated heterocycles. The number of fused-ring (bicyclic) bond motifs is 1. The van der Waals surface area contributed by atoms with Crippen LogP contribution in [0.4, 0.5) is 4.79 Å². The molecular formula is C9H13NO2. The summed E-state index contributed by atoms with van der Waals surface area (Å²) in [5.74, 6) is 0.435. The Morgan fingerprint density at radius 1 is 1.67 bits per heavy atom. The van der Waals surface area contributed by atoms with Crippen LogP contribution in [0.3, 0.4) is 0 Å². The molecule has 2 rings (SSSR count). The van der Waals surface area contributed by atoms with Gasteiger partial charge in [0, 0.05) is 12.5 Å². The Morgan fingerprint density at radius 3 is 3.25 bits per heavy atom. The number of hydrogen-bond donors (Lipinski definition) is 0. The standard InChI is InChI=1S/C9H13NO2/c1-2-7-4-3-5-10-8(7)6-12-9(10)11/h2,7-8H,1,3-6H2/t7-,8+/m0/s1. The van der Waals surface area contributed by atoms with Gasteiger partial charge in [0.15, 0.2) is 0 Å². The molecule has 0 aromatic carbocycles. The zero-order chi connectivity index (χ0) is 8.55. The number of nitrogens with zero attached hydrogens (tertiary/aromatic N) is 1. The van der Waals surface area contributed by atoms with Crippen LogP contribution in [0.15, 0.2) is 12.7 Å². The Hall–Kier alpha value is -0.990. The van der Waals surface area contributed by atoms with Gasteiger partial charge in [-0.1, -0.05) is 6.08 Å². The van der Waals surface area contributed by atoms with Crippen molar-refractivity contribution in [3.8, 4) is 0 Å². The van der Waals surface area contributed by atoms with Gasteiger partial charge in [0.2, 0.25) is 0 Å². The van der Waals surface area contributed by atoms with Crippen molar-refractivity contribution in [3.05, 3.63) is 12.7 Å². The molecule has 2 heterocycles. The molecule has 2 aliphatic rings. The molecule has 0 bridgehead atoms. The maximum Gasteiger partial charge on any atom is 0.410 e. The monoisotopic (exact) mass is 167 g/mol. The lowest BCUT2D eigenvalue weighted by Gasteiger charge is -2.32. The number of ether oxygens (including phenoxy) is 1. The van der Waals surface area contributed by atoms with Crippen molar-refractivity contribution in [2.45, 2.75) is 18.9 Å². The predicted octanol–water partition coefficient (Wildman–Crippen LogP) is 1.40. The SMILES string of the molecule is C=C[C@H]1CCCN2C(=O)OC[C@H]12. The highest BCUT2D eigenvalue weighted by Gasteiger charge is 2.39. The zero-order valence-electron chi connectivity index (χ0n) is 7.03. The van der Waals surface area contributed by atoms with Gasteiger partial charge < -0.3 is 9.64 Å². The van der Waals surface area contributed by atoms with E-state index < -0.39 is 0 Å². The number of carbonyl (C=O) groups is 1. The van der Waals surface area contributed by atoms with Crippen molar-refractivity contribution >= 4 is 6.09 Å². The Labute approximate surface area is 72.0 Å². The van der Waals surface area contributed by atoms with E-state index in [9.17, 15) is 4.79 Å². The maximum atomic E-state index is 11.1. The topological polar surface area (TPSA) is 29.5 Å². The highest BCUT2D eigenvalue weighted by atomic mass is 16.6.